The van der Waals surface area contributed by atoms with Crippen molar-refractivity contribution in [1.29, 1.82) is 0 Å². The first kappa shape index (κ1) is 20.5. The van der Waals surface area contributed by atoms with E-state index in [1.54, 1.807) is 49.3 Å². The Morgan fingerprint density at radius 1 is 1.06 bits per heavy atom. The number of hydrogen-bond donors (Lipinski definition) is 1. The Kier molecular flexibility index (Phi) is 4.39. The van der Waals surface area contributed by atoms with Crippen LogP contribution >= 0.6 is 23.1 Å². The van der Waals surface area contributed by atoms with Gasteiger partial charge in [0.1, 0.15) is 5.75 Å². The van der Waals surface area contributed by atoms with E-state index in [0.717, 1.165) is 21.9 Å². The zero-order valence-corrected chi connectivity index (χ0v) is 19.8. The van der Waals surface area contributed by atoms with Crippen LogP contribution in [0.5, 0.6) is 5.75 Å². The summed E-state index contributed by atoms with van der Waals surface area (Å²) in [5, 5.41) is 1.10. The minimum absolute atomic E-state index is 0.00721. The van der Waals surface area contributed by atoms with E-state index >= 15 is 0 Å². The fraction of sp³-hybridized carbons (Fsp3) is 0.360. The molecule has 0 radical (unpaired) electrons. The average molecular weight is 492 g/mol. The summed E-state index contributed by atoms with van der Waals surface area (Å²) in [4.78, 5) is 49.4. The Labute approximate surface area is 203 Å². The predicted molar refractivity (Wildman–Crippen MR) is 128 cm³/mol. The van der Waals surface area contributed by atoms with Crippen molar-refractivity contribution in [1.82, 2.24) is 9.97 Å². The van der Waals surface area contributed by atoms with E-state index in [1.807, 2.05) is 12.3 Å². The standard InChI is InChI=1S/C25H21N3O4S2/c1-32-13-6-4-12(5-7-13)28-23(29)18-14-9-15(19(18)24(28)30)20-17(14)16(11-3-2-8-26-10-11)21-22(33-20)27-25(31)34-21/h2-8,10,14-20H,9H2,1H3,(H,27,31)/t14-,15-,16+,17-,18+,19-,20+/m1/s1. The van der Waals surface area contributed by atoms with Gasteiger partial charge < -0.3 is 9.72 Å². The first-order valence-corrected chi connectivity index (χ1v) is 13.1. The van der Waals surface area contributed by atoms with E-state index in [4.69, 9.17) is 4.74 Å². The van der Waals surface area contributed by atoms with Gasteiger partial charge in [0, 0.05) is 28.4 Å². The lowest BCUT2D eigenvalue weighted by Crippen LogP contribution is -2.42. The second kappa shape index (κ2) is 7.29. The smallest absolute Gasteiger partial charge is 0.305 e. The van der Waals surface area contributed by atoms with Crippen LogP contribution in [0, 0.1) is 29.6 Å². The minimum Gasteiger partial charge on any atom is -0.497 e. The number of nitrogens with zero attached hydrogens (tertiary/aromatic N) is 2. The van der Waals surface area contributed by atoms with Gasteiger partial charge in [-0.1, -0.05) is 17.4 Å². The molecule has 7 nitrogen and oxygen atoms in total. The second-order valence-electron chi connectivity index (χ2n) is 9.46. The number of thioether (sulfide) groups is 1. The van der Waals surface area contributed by atoms with Crippen LogP contribution in [0.3, 0.4) is 0 Å². The Morgan fingerprint density at radius 3 is 2.53 bits per heavy atom. The van der Waals surface area contributed by atoms with E-state index in [2.05, 4.69) is 16.0 Å². The normalized spacial score (nSPS) is 33.1. The summed E-state index contributed by atoms with van der Waals surface area (Å²) in [6, 6.07) is 11.1. The molecule has 4 heterocycles. The van der Waals surface area contributed by atoms with Gasteiger partial charge in [-0.2, -0.15) is 0 Å². The van der Waals surface area contributed by atoms with Crippen molar-refractivity contribution >= 4 is 40.6 Å². The number of rotatable bonds is 3. The van der Waals surface area contributed by atoms with Gasteiger partial charge in [-0.15, -0.1) is 11.8 Å². The number of carbonyl (C=O) groups excluding carboxylic acids is 2. The molecule has 2 saturated carbocycles. The van der Waals surface area contributed by atoms with E-state index in [0.29, 0.717) is 11.4 Å². The molecular formula is C25H21N3O4S2. The Morgan fingerprint density at radius 2 is 1.82 bits per heavy atom. The lowest BCUT2D eigenvalue weighted by atomic mass is 9.68. The summed E-state index contributed by atoms with van der Waals surface area (Å²) in [5.41, 5.74) is 1.68. The summed E-state index contributed by atoms with van der Waals surface area (Å²) < 4.78 is 5.23. The number of pyridine rings is 1. The Hall–Kier alpha value is -2.91. The molecule has 1 saturated heterocycles. The molecule has 4 aliphatic rings. The van der Waals surface area contributed by atoms with Crippen molar-refractivity contribution in [3.05, 3.63) is 68.9 Å². The van der Waals surface area contributed by atoms with Crippen molar-refractivity contribution in [3.8, 4) is 5.75 Å². The van der Waals surface area contributed by atoms with Gasteiger partial charge in [-0.25, -0.2) is 0 Å². The van der Waals surface area contributed by atoms with Crippen LogP contribution in [0.2, 0.25) is 0 Å². The lowest BCUT2D eigenvalue weighted by molar-refractivity contribution is -0.123. The molecule has 9 heteroatoms. The van der Waals surface area contributed by atoms with Crippen LogP contribution in [0.1, 0.15) is 22.8 Å². The molecule has 34 heavy (non-hydrogen) atoms. The number of benzene rings is 1. The first-order chi connectivity index (χ1) is 16.6. The summed E-state index contributed by atoms with van der Waals surface area (Å²) in [5.74, 6) is 0.309. The monoisotopic (exact) mass is 491 g/mol. The number of amides is 2. The van der Waals surface area contributed by atoms with Crippen molar-refractivity contribution < 1.29 is 14.3 Å². The van der Waals surface area contributed by atoms with Crippen molar-refractivity contribution in [3.63, 3.8) is 0 Å². The number of aromatic amines is 1. The van der Waals surface area contributed by atoms with Gasteiger partial charge in [-0.05, 0) is 60.1 Å². The molecule has 0 spiro atoms. The zero-order chi connectivity index (χ0) is 23.1. The molecule has 2 aliphatic heterocycles. The highest BCUT2D eigenvalue weighted by Crippen LogP contribution is 2.68. The minimum atomic E-state index is -0.308. The number of thiazole rings is 1. The maximum Gasteiger partial charge on any atom is 0.305 e. The van der Waals surface area contributed by atoms with Gasteiger partial charge in [0.05, 0.1) is 29.7 Å². The Balaban J connectivity index is 1.30. The van der Waals surface area contributed by atoms with Crippen LogP contribution in [0.25, 0.3) is 0 Å². The lowest BCUT2D eigenvalue weighted by Gasteiger charge is -2.42. The molecule has 7 atom stereocenters. The number of methoxy groups -OCH3 is 1. The van der Waals surface area contributed by atoms with Crippen LogP contribution in [0.4, 0.5) is 5.69 Å². The molecule has 2 amide bonds. The van der Waals surface area contributed by atoms with Crippen LogP contribution in [-0.4, -0.2) is 34.1 Å². The third-order valence-corrected chi connectivity index (χ3v) is 10.7. The fourth-order valence-electron chi connectivity index (χ4n) is 6.94. The number of nitrogens with one attached hydrogen (secondary N) is 1. The van der Waals surface area contributed by atoms with Gasteiger partial charge in [0.25, 0.3) is 0 Å². The molecule has 1 N–H and O–H groups in total. The van der Waals surface area contributed by atoms with Gasteiger partial charge >= 0.3 is 4.87 Å². The van der Waals surface area contributed by atoms with Gasteiger partial charge in [-0.3, -0.25) is 24.3 Å². The quantitative estimate of drug-likeness (QED) is 0.564. The summed E-state index contributed by atoms with van der Waals surface area (Å²) in [6.07, 6.45) is 4.50. The summed E-state index contributed by atoms with van der Waals surface area (Å²) in [7, 11) is 1.59. The number of aromatic nitrogens is 2. The molecule has 172 valence electrons. The number of carbonyl (C=O) groups is 2. The highest BCUT2D eigenvalue weighted by molar-refractivity contribution is 8.00. The summed E-state index contributed by atoms with van der Waals surface area (Å²) >= 11 is 2.96. The van der Waals surface area contributed by atoms with Crippen molar-refractivity contribution in [2.24, 2.45) is 29.6 Å². The van der Waals surface area contributed by atoms with E-state index in [9.17, 15) is 14.4 Å². The highest BCUT2D eigenvalue weighted by atomic mass is 32.2. The third-order valence-electron chi connectivity index (χ3n) is 8.10. The maximum absolute atomic E-state index is 13.7. The maximum atomic E-state index is 13.7. The summed E-state index contributed by atoms with van der Waals surface area (Å²) in [6.45, 7) is 0. The van der Waals surface area contributed by atoms with E-state index < -0.39 is 0 Å². The third kappa shape index (κ3) is 2.65. The molecular weight excluding hydrogens is 470 g/mol. The average Bonchev–Trinajstić information content (AvgIpc) is 3.58. The number of H-pyrrole nitrogens is 1. The van der Waals surface area contributed by atoms with Crippen molar-refractivity contribution in [2.75, 3.05) is 12.0 Å². The van der Waals surface area contributed by atoms with Crippen LogP contribution in [0.15, 0.2) is 58.6 Å². The van der Waals surface area contributed by atoms with Crippen LogP contribution < -0.4 is 14.5 Å². The van der Waals surface area contributed by atoms with E-state index in [-0.39, 0.29) is 57.4 Å². The predicted octanol–water partition coefficient (Wildman–Crippen LogP) is 3.52. The van der Waals surface area contributed by atoms with Gasteiger partial charge in [0.2, 0.25) is 11.8 Å². The fourth-order valence-corrected chi connectivity index (χ4v) is 9.82. The van der Waals surface area contributed by atoms with Crippen LogP contribution in [-0.2, 0) is 9.59 Å². The number of anilines is 1. The number of fused-ring (bicyclic) bond motifs is 9. The number of imide groups is 1. The van der Waals surface area contributed by atoms with Gasteiger partial charge in [0.15, 0.2) is 0 Å². The number of ether oxygens (including phenoxy) is 1. The molecule has 2 aliphatic carbocycles. The molecule has 2 bridgehead atoms. The molecule has 2 aromatic heterocycles. The SMILES string of the molecule is COc1ccc(N2C(=O)[C@@H]3[C@H]4C[C@@H]([C@@H]3C2=O)[C@@H]2[C@H](c3cccnc3)c3sc(=O)[nH]c3S[C@@H]42)cc1. The van der Waals surface area contributed by atoms with Crippen molar-refractivity contribution in [2.45, 2.75) is 22.6 Å². The number of hydrogen-bond acceptors (Lipinski definition) is 7. The molecule has 3 aromatic rings. The second-order valence-corrected chi connectivity index (χ2v) is 11.7. The topological polar surface area (TPSA) is 92.4 Å². The van der Waals surface area contributed by atoms with E-state index in [1.165, 1.54) is 16.2 Å². The molecule has 0 unspecified atom stereocenters. The first-order valence-electron chi connectivity index (χ1n) is 11.4. The molecule has 3 fully saturated rings. The molecule has 1 aromatic carbocycles. The Bertz CT molecular complexity index is 1370. The highest BCUT2D eigenvalue weighted by Gasteiger charge is 2.69. The largest absolute Gasteiger partial charge is 0.497 e. The zero-order valence-electron chi connectivity index (χ0n) is 18.2. The molecule has 7 rings (SSSR count).